The number of nitrogens with one attached hydrogen (secondary N) is 1. The summed E-state index contributed by atoms with van der Waals surface area (Å²) in [5.74, 6) is 0.626. The molecule has 0 aromatic heterocycles. The van der Waals surface area contributed by atoms with Gasteiger partial charge in [0.1, 0.15) is 11.6 Å². The van der Waals surface area contributed by atoms with Gasteiger partial charge in [0.05, 0.1) is 7.11 Å². The first-order valence-electron chi connectivity index (χ1n) is 6.42. The summed E-state index contributed by atoms with van der Waals surface area (Å²) in [5, 5.41) is 3.38. The van der Waals surface area contributed by atoms with Crippen LogP contribution in [0.5, 0.6) is 5.75 Å². The lowest BCUT2D eigenvalue weighted by molar-refractivity contribution is 0.401. The van der Waals surface area contributed by atoms with E-state index in [0.29, 0.717) is 6.54 Å². The molecular weight excluding hydrogens is 321 g/mol. The Bertz CT molecular complexity index is 588. The molecule has 0 saturated heterocycles. The summed E-state index contributed by atoms with van der Waals surface area (Å²) in [4.78, 5) is 0. The Labute approximate surface area is 127 Å². The highest BCUT2D eigenvalue weighted by molar-refractivity contribution is 9.10. The van der Waals surface area contributed by atoms with Crippen molar-refractivity contribution in [2.24, 2.45) is 0 Å². The van der Waals surface area contributed by atoms with Crippen LogP contribution in [0.2, 0.25) is 0 Å². The summed E-state index contributed by atoms with van der Waals surface area (Å²) in [7, 11) is 1.66. The highest BCUT2D eigenvalue weighted by Crippen LogP contribution is 2.25. The third-order valence-electron chi connectivity index (χ3n) is 3.21. The predicted octanol–water partition coefficient (Wildman–Crippen LogP) is 4.45. The zero-order valence-electron chi connectivity index (χ0n) is 11.5. The van der Waals surface area contributed by atoms with Crippen molar-refractivity contribution in [1.29, 1.82) is 0 Å². The summed E-state index contributed by atoms with van der Waals surface area (Å²) in [6, 6.07) is 12.7. The molecule has 0 aliphatic heterocycles. The standard InChI is InChI=1S/C16H17BrFNO/c1-11(14-5-3-4-6-16(14)20-2)19-10-12-9-13(18)7-8-15(12)17/h3-9,11,19H,10H2,1-2H3/t11-/m0/s1. The molecule has 2 nitrogen and oxygen atoms in total. The van der Waals surface area contributed by atoms with Crippen LogP contribution in [0.15, 0.2) is 46.9 Å². The highest BCUT2D eigenvalue weighted by Gasteiger charge is 2.11. The molecular formula is C16H17BrFNO. The molecule has 0 saturated carbocycles. The van der Waals surface area contributed by atoms with Crippen molar-refractivity contribution in [3.8, 4) is 5.75 Å². The first-order valence-corrected chi connectivity index (χ1v) is 7.21. The number of rotatable bonds is 5. The van der Waals surface area contributed by atoms with E-state index in [4.69, 9.17) is 4.74 Å². The summed E-state index contributed by atoms with van der Waals surface area (Å²) < 4.78 is 19.5. The third kappa shape index (κ3) is 3.58. The fourth-order valence-electron chi connectivity index (χ4n) is 2.08. The summed E-state index contributed by atoms with van der Waals surface area (Å²) in [6.45, 7) is 2.64. The third-order valence-corrected chi connectivity index (χ3v) is 3.99. The van der Waals surface area contributed by atoms with Crippen LogP contribution in [0.25, 0.3) is 0 Å². The van der Waals surface area contributed by atoms with E-state index < -0.39 is 0 Å². The number of benzene rings is 2. The van der Waals surface area contributed by atoms with Crippen LogP contribution in [-0.4, -0.2) is 7.11 Å². The maximum atomic E-state index is 13.2. The average molecular weight is 338 g/mol. The number of methoxy groups -OCH3 is 1. The molecule has 2 aromatic rings. The second kappa shape index (κ2) is 6.86. The van der Waals surface area contributed by atoms with Crippen molar-refractivity contribution >= 4 is 15.9 Å². The lowest BCUT2D eigenvalue weighted by atomic mass is 10.1. The molecule has 0 bridgehead atoms. The minimum Gasteiger partial charge on any atom is -0.496 e. The maximum absolute atomic E-state index is 13.2. The number of ether oxygens (including phenoxy) is 1. The Morgan fingerprint density at radius 3 is 2.75 bits per heavy atom. The molecule has 4 heteroatoms. The lowest BCUT2D eigenvalue weighted by Crippen LogP contribution is -2.19. The van der Waals surface area contributed by atoms with Crippen LogP contribution < -0.4 is 10.1 Å². The SMILES string of the molecule is COc1ccccc1[C@H](C)NCc1cc(F)ccc1Br. The van der Waals surface area contributed by atoms with Gasteiger partial charge in [-0.1, -0.05) is 34.1 Å². The molecule has 20 heavy (non-hydrogen) atoms. The molecule has 0 radical (unpaired) electrons. The smallest absolute Gasteiger partial charge is 0.123 e. The minimum atomic E-state index is -0.227. The first kappa shape index (κ1) is 15.0. The van der Waals surface area contributed by atoms with Crippen molar-refractivity contribution < 1.29 is 9.13 Å². The lowest BCUT2D eigenvalue weighted by Gasteiger charge is -2.17. The van der Waals surface area contributed by atoms with Crippen LogP contribution in [-0.2, 0) is 6.54 Å². The fraction of sp³-hybridized carbons (Fsp3) is 0.250. The molecule has 2 rings (SSSR count). The van der Waals surface area contributed by atoms with Crippen LogP contribution in [0.1, 0.15) is 24.1 Å². The van der Waals surface area contributed by atoms with Gasteiger partial charge in [-0.15, -0.1) is 0 Å². The van der Waals surface area contributed by atoms with Crippen LogP contribution in [0.4, 0.5) is 4.39 Å². The number of para-hydroxylation sites is 1. The second-order valence-corrected chi connectivity index (χ2v) is 5.43. The number of halogens is 2. The Morgan fingerprint density at radius 2 is 2.00 bits per heavy atom. The van der Waals surface area contributed by atoms with Crippen molar-refractivity contribution in [1.82, 2.24) is 5.32 Å². The maximum Gasteiger partial charge on any atom is 0.123 e. The van der Waals surface area contributed by atoms with Gasteiger partial charge in [0.25, 0.3) is 0 Å². The molecule has 0 amide bonds. The summed E-state index contributed by atoms with van der Waals surface area (Å²) in [5.41, 5.74) is 1.98. The predicted molar refractivity (Wildman–Crippen MR) is 82.3 cm³/mol. The van der Waals surface area contributed by atoms with Gasteiger partial charge in [0, 0.05) is 22.6 Å². The van der Waals surface area contributed by atoms with Crippen molar-refractivity contribution in [2.75, 3.05) is 7.11 Å². The van der Waals surface area contributed by atoms with Gasteiger partial charge in [-0.3, -0.25) is 0 Å². The summed E-state index contributed by atoms with van der Waals surface area (Å²) in [6.07, 6.45) is 0. The molecule has 0 spiro atoms. The van der Waals surface area contributed by atoms with E-state index >= 15 is 0 Å². The van der Waals surface area contributed by atoms with E-state index in [1.165, 1.54) is 12.1 Å². The van der Waals surface area contributed by atoms with Crippen LogP contribution in [0.3, 0.4) is 0 Å². The summed E-state index contributed by atoms with van der Waals surface area (Å²) >= 11 is 3.43. The minimum absolute atomic E-state index is 0.112. The molecule has 1 N–H and O–H groups in total. The first-order chi connectivity index (χ1) is 9.61. The van der Waals surface area contributed by atoms with Gasteiger partial charge in [0.2, 0.25) is 0 Å². The van der Waals surface area contributed by atoms with Crippen LogP contribution >= 0.6 is 15.9 Å². The van der Waals surface area contributed by atoms with Gasteiger partial charge < -0.3 is 10.1 Å². The van der Waals surface area contributed by atoms with Gasteiger partial charge in [-0.05, 0) is 36.8 Å². The molecule has 1 atom stereocenters. The van der Waals surface area contributed by atoms with E-state index in [9.17, 15) is 4.39 Å². The molecule has 0 aliphatic rings. The fourth-order valence-corrected chi connectivity index (χ4v) is 2.46. The van der Waals surface area contributed by atoms with Crippen molar-refractivity contribution in [2.45, 2.75) is 19.5 Å². The van der Waals surface area contributed by atoms with Gasteiger partial charge in [0.15, 0.2) is 0 Å². The molecule has 2 aromatic carbocycles. The Kier molecular flexibility index (Phi) is 5.15. The van der Waals surface area contributed by atoms with E-state index in [1.807, 2.05) is 24.3 Å². The van der Waals surface area contributed by atoms with Crippen molar-refractivity contribution in [3.05, 3.63) is 63.9 Å². The zero-order valence-corrected chi connectivity index (χ0v) is 13.1. The van der Waals surface area contributed by atoms with Crippen molar-refractivity contribution in [3.63, 3.8) is 0 Å². The topological polar surface area (TPSA) is 21.3 Å². The van der Waals surface area contributed by atoms with E-state index in [2.05, 4.69) is 28.2 Å². The second-order valence-electron chi connectivity index (χ2n) is 4.58. The normalized spacial score (nSPS) is 12.2. The molecule has 0 aliphatic carbocycles. The van der Waals surface area contributed by atoms with Gasteiger partial charge in [-0.25, -0.2) is 4.39 Å². The number of hydrogen-bond acceptors (Lipinski definition) is 2. The Balaban J connectivity index is 2.08. The quantitative estimate of drug-likeness (QED) is 0.870. The molecule has 106 valence electrons. The Hall–Kier alpha value is -1.39. The average Bonchev–Trinajstić information content (AvgIpc) is 2.47. The highest BCUT2D eigenvalue weighted by atomic mass is 79.9. The van der Waals surface area contributed by atoms with Gasteiger partial charge in [-0.2, -0.15) is 0 Å². The van der Waals surface area contributed by atoms with E-state index in [1.54, 1.807) is 13.2 Å². The van der Waals surface area contributed by atoms with Gasteiger partial charge >= 0.3 is 0 Å². The largest absolute Gasteiger partial charge is 0.496 e. The Morgan fingerprint density at radius 1 is 1.25 bits per heavy atom. The number of hydrogen-bond donors (Lipinski definition) is 1. The van der Waals surface area contributed by atoms with E-state index in [0.717, 1.165) is 21.3 Å². The monoisotopic (exact) mass is 337 g/mol. The zero-order chi connectivity index (χ0) is 14.5. The molecule has 0 unspecified atom stereocenters. The molecule has 0 fully saturated rings. The van der Waals surface area contributed by atoms with E-state index in [-0.39, 0.29) is 11.9 Å². The van der Waals surface area contributed by atoms with Crippen LogP contribution in [0, 0.1) is 5.82 Å². The molecule has 0 heterocycles.